The molecule has 2 unspecified atom stereocenters. The number of nitrogens with two attached hydrogens (primary N) is 1. The van der Waals surface area contributed by atoms with Gasteiger partial charge in [0.2, 0.25) is 0 Å². The molecule has 3 atom stereocenters. The molecule has 2 bridgehead atoms. The third kappa shape index (κ3) is 4.81. The van der Waals surface area contributed by atoms with Crippen molar-refractivity contribution in [2.24, 2.45) is 17.8 Å². The van der Waals surface area contributed by atoms with E-state index in [-0.39, 0.29) is 28.8 Å². The Morgan fingerprint density at radius 2 is 1.95 bits per heavy atom. The number of rotatable bonds is 5. The molecule has 1 saturated heterocycles. The summed E-state index contributed by atoms with van der Waals surface area (Å²) in [7, 11) is -4.24. The summed E-state index contributed by atoms with van der Waals surface area (Å²) in [6.45, 7) is 13.7. The van der Waals surface area contributed by atoms with Gasteiger partial charge in [-0.15, -0.1) is 0 Å². The van der Waals surface area contributed by atoms with Crippen molar-refractivity contribution in [3.63, 3.8) is 0 Å². The monoisotopic (exact) mass is 539 g/mol. The van der Waals surface area contributed by atoms with Crippen LogP contribution >= 0.6 is 0 Å². The van der Waals surface area contributed by atoms with Crippen LogP contribution in [0.15, 0.2) is 35.4 Å². The maximum atomic E-state index is 13.8. The summed E-state index contributed by atoms with van der Waals surface area (Å²) in [5.74, 6) is 1.31. The van der Waals surface area contributed by atoms with Crippen LogP contribution in [0.4, 0.5) is 11.6 Å². The number of nitrogen functional groups attached to an aromatic ring is 1. The maximum absolute atomic E-state index is 13.8. The second kappa shape index (κ2) is 9.07. The van der Waals surface area contributed by atoms with E-state index in [0.29, 0.717) is 23.6 Å². The Balaban J connectivity index is 0.00000353. The number of sulfonamides is 1. The molecule has 3 heterocycles. The van der Waals surface area contributed by atoms with Crippen molar-refractivity contribution in [1.29, 1.82) is 0 Å². The maximum Gasteiger partial charge on any atom is 0.281 e. The normalized spacial score (nSPS) is 24.5. The van der Waals surface area contributed by atoms with E-state index in [4.69, 9.17) is 10.7 Å². The molecule has 1 saturated carbocycles. The van der Waals surface area contributed by atoms with Gasteiger partial charge in [0.25, 0.3) is 15.9 Å². The zero-order valence-electron chi connectivity index (χ0n) is 23.2. The molecule has 0 aromatic carbocycles. The first-order chi connectivity index (χ1) is 17.7. The van der Waals surface area contributed by atoms with Crippen LogP contribution in [0.5, 0.6) is 0 Å². The Morgan fingerprint density at radius 1 is 1.21 bits per heavy atom. The van der Waals surface area contributed by atoms with Crippen LogP contribution in [0.25, 0.3) is 5.57 Å². The molecule has 3 N–H and O–H groups in total. The number of hydrogen-bond donors (Lipinski definition) is 2. The molecule has 2 fully saturated rings. The average Bonchev–Trinajstić information content (AvgIpc) is 3.51. The fourth-order valence-corrected chi connectivity index (χ4v) is 7.53. The Morgan fingerprint density at radius 3 is 2.50 bits per heavy atom. The number of nitrogens with zero attached hydrogens (tertiary/aromatic N) is 3. The summed E-state index contributed by atoms with van der Waals surface area (Å²) in [6, 6.07) is 6.22. The van der Waals surface area contributed by atoms with E-state index in [0.717, 1.165) is 37.1 Å². The number of aromatic nitrogens is 2. The van der Waals surface area contributed by atoms with Crippen molar-refractivity contribution in [3.05, 3.63) is 47.2 Å². The van der Waals surface area contributed by atoms with E-state index in [1.807, 2.05) is 6.07 Å². The highest BCUT2D eigenvalue weighted by Gasteiger charge is 2.42. The summed E-state index contributed by atoms with van der Waals surface area (Å²) < 4.78 is 28.6. The molecule has 9 heteroatoms. The lowest BCUT2D eigenvalue weighted by molar-refractivity contribution is 0.0981. The number of anilines is 2. The van der Waals surface area contributed by atoms with Gasteiger partial charge in [-0.05, 0) is 81.1 Å². The largest absolute Gasteiger partial charge is 0.384 e. The molecule has 0 spiro atoms. The number of nitrogens with one attached hydrogen (secondary N) is 1. The van der Waals surface area contributed by atoms with Crippen LogP contribution in [0.1, 0.15) is 90.3 Å². The topological polar surface area (TPSA) is 118 Å². The highest BCUT2D eigenvalue weighted by Crippen LogP contribution is 2.50. The summed E-state index contributed by atoms with van der Waals surface area (Å²) in [4.78, 5) is 25.1. The van der Waals surface area contributed by atoms with Gasteiger partial charge >= 0.3 is 0 Å². The van der Waals surface area contributed by atoms with E-state index in [9.17, 15) is 13.2 Å². The lowest BCUT2D eigenvalue weighted by Crippen LogP contribution is -2.41. The summed E-state index contributed by atoms with van der Waals surface area (Å²) in [5.41, 5.74) is 8.62. The first-order valence-electron chi connectivity index (χ1n) is 13.5. The molecular formula is C29H41N5O3S. The van der Waals surface area contributed by atoms with E-state index in [1.54, 1.807) is 0 Å². The predicted molar refractivity (Wildman–Crippen MR) is 152 cm³/mol. The standard InChI is InChI=1S/C29H39N5O3S.H2/c1-17-15-29(5,6)34(16-17)26-22(27(35)33-38(36,37)24-9-7-8-23(30)31-24)14-21(25(32-26)28(2,3)4)20-13-18-10-11-19(20)12-18;/h7-9,13-14,17-19H,10-12,15-16H2,1-6H3,(H2,30,31)(H,33,35);1H/t17-,18?,19?;/m0./s1. The molecule has 2 aromatic heterocycles. The highest BCUT2D eigenvalue weighted by atomic mass is 32.2. The van der Waals surface area contributed by atoms with E-state index in [1.165, 1.54) is 30.2 Å². The van der Waals surface area contributed by atoms with Crippen LogP contribution in [0.2, 0.25) is 0 Å². The van der Waals surface area contributed by atoms with Crippen molar-refractivity contribution >= 4 is 33.1 Å². The molecule has 3 aliphatic rings. The van der Waals surface area contributed by atoms with Gasteiger partial charge in [-0.3, -0.25) is 4.79 Å². The molecule has 8 nitrogen and oxygen atoms in total. The van der Waals surface area contributed by atoms with Crippen molar-refractivity contribution < 1.29 is 14.6 Å². The van der Waals surface area contributed by atoms with Crippen LogP contribution in [0, 0.1) is 17.8 Å². The van der Waals surface area contributed by atoms with Gasteiger partial charge in [0.1, 0.15) is 11.6 Å². The number of hydrogen-bond acceptors (Lipinski definition) is 7. The fraction of sp³-hybridized carbons (Fsp3) is 0.552. The predicted octanol–water partition coefficient (Wildman–Crippen LogP) is 5.16. The quantitative estimate of drug-likeness (QED) is 0.539. The first-order valence-corrected chi connectivity index (χ1v) is 15.0. The van der Waals surface area contributed by atoms with Crippen molar-refractivity contribution in [2.75, 3.05) is 17.2 Å². The molecule has 206 valence electrons. The van der Waals surface area contributed by atoms with Crippen LogP contribution in [0.3, 0.4) is 0 Å². The zero-order chi connectivity index (χ0) is 27.6. The van der Waals surface area contributed by atoms with Crippen molar-refractivity contribution in [1.82, 2.24) is 14.7 Å². The molecule has 38 heavy (non-hydrogen) atoms. The van der Waals surface area contributed by atoms with Gasteiger partial charge in [-0.1, -0.05) is 39.8 Å². The third-order valence-corrected chi connectivity index (χ3v) is 9.40. The number of amides is 1. The lowest BCUT2D eigenvalue weighted by atomic mass is 9.82. The number of carbonyl (C=O) groups excluding carboxylic acids is 1. The molecule has 1 aliphatic heterocycles. The van der Waals surface area contributed by atoms with Crippen LogP contribution < -0.4 is 15.4 Å². The van der Waals surface area contributed by atoms with Gasteiger partial charge in [-0.2, -0.15) is 8.42 Å². The summed E-state index contributed by atoms with van der Waals surface area (Å²) in [6.07, 6.45) is 6.76. The Kier molecular flexibility index (Phi) is 6.36. The van der Waals surface area contributed by atoms with Gasteiger partial charge in [0.05, 0.1) is 11.3 Å². The molecular weight excluding hydrogens is 498 g/mol. The molecule has 2 aliphatic carbocycles. The van der Waals surface area contributed by atoms with Gasteiger partial charge in [0.15, 0.2) is 5.03 Å². The lowest BCUT2D eigenvalue weighted by Gasteiger charge is -2.36. The number of fused-ring (bicyclic) bond motifs is 2. The third-order valence-electron chi connectivity index (χ3n) is 8.17. The van der Waals surface area contributed by atoms with Gasteiger partial charge in [-0.25, -0.2) is 14.7 Å². The second-order valence-electron chi connectivity index (χ2n) is 13.0. The Bertz CT molecular complexity index is 1430. The fourth-order valence-electron chi connectivity index (χ4n) is 6.59. The van der Waals surface area contributed by atoms with Gasteiger partial charge < -0.3 is 10.6 Å². The summed E-state index contributed by atoms with van der Waals surface area (Å²) >= 11 is 0. The molecule has 1 amide bonds. The first kappa shape index (κ1) is 26.7. The Labute approximate surface area is 227 Å². The molecule has 0 radical (unpaired) electrons. The van der Waals surface area contributed by atoms with Crippen molar-refractivity contribution in [3.8, 4) is 0 Å². The molecule has 5 rings (SSSR count). The number of carbonyl (C=O) groups is 1. The molecule has 2 aromatic rings. The van der Waals surface area contributed by atoms with Crippen LogP contribution in [-0.2, 0) is 15.4 Å². The average molecular weight is 540 g/mol. The minimum Gasteiger partial charge on any atom is -0.384 e. The van der Waals surface area contributed by atoms with E-state index < -0.39 is 15.9 Å². The van der Waals surface area contributed by atoms with Gasteiger partial charge in [0, 0.05) is 24.5 Å². The smallest absolute Gasteiger partial charge is 0.281 e. The second-order valence-corrected chi connectivity index (χ2v) is 14.6. The van der Waals surface area contributed by atoms with E-state index >= 15 is 0 Å². The SMILES string of the molecule is C[C@@H]1CN(c2nc(C(C)(C)C)c(C3=CC4CCC3C4)cc2C(=O)NS(=O)(=O)c2cccc(N)n2)C(C)(C)C1.[HH]. The van der Waals surface area contributed by atoms with E-state index in [2.05, 4.69) is 62.2 Å². The highest BCUT2D eigenvalue weighted by molar-refractivity contribution is 7.90. The van der Waals surface area contributed by atoms with Crippen molar-refractivity contribution in [2.45, 2.75) is 83.2 Å². The Hall–Kier alpha value is -2.94. The zero-order valence-corrected chi connectivity index (χ0v) is 24.0. The minimum atomic E-state index is -4.24. The number of pyridine rings is 2. The summed E-state index contributed by atoms with van der Waals surface area (Å²) in [5, 5.41) is -0.294. The minimum absolute atomic E-state index is 0. The number of allylic oxidation sites excluding steroid dienone is 2. The van der Waals surface area contributed by atoms with Crippen LogP contribution in [-0.4, -0.2) is 36.4 Å².